The number of unbranched alkanes of at least 4 members (excludes halogenated alkanes) is 3. The number of aryl methyl sites for hydroxylation is 2. The van der Waals surface area contributed by atoms with E-state index in [4.69, 9.17) is 5.11 Å². The van der Waals surface area contributed by atoms with Crippen LogP contribution in [-0.4, -0.2) is 61.7 Å². The molecule has 0 radical (unpaired) electrons. The molecule has 3 aliphatic rings. The Labute approximate surface area is 242 Å². The summed E-state index contributed by atoms with van der Waals surface area (Å²) in [6.45, 7) is 4.56. The van der Waals surface area contributed by atoms with E-state index in [-0.39, 0.29) is 34.4 Å². The fourth-order valence-corrected chi connectivity index (χ4v) is 10.1. The maximum Gasteiger partial charge on any atom is 0.248 e. The van der Waals surface area contributed by atoms with Crippen LogP contribution in [0.5, 0.6) is 0 Å². The molecule has 3 heterocycles. The second-order valence-corrected chi connectivity index (χ2v) is 13.7. The van der Waals surface area contributed by atoms with Crippen molar-refractivity contribution in [1.82, 2.24) is 4.90 Å². The number of hydrogen-bond acceptors (Lipinski definition) is 5. The van der Waals surface area contributed by atoms with E-state index in [0.717, 1.165) is 42.5 Å². The molecule has 1 spiro atoms. The molecule has 3 saturated heterocycles. The molecule has 0 aromatic heterocycles. The zero-order valence-corrected chi connectivity index (χ0v) is 24.8. The topological polar surface area (TPSA) is 98.7 Å². The van der Waals surface area contributed by atoms with Crippen molar-refractivity contribution in [2.45, 2.75) is 66.8 Å². The number of hydrogen-bond donors (Lipinski definition) is 3. The molecule has 3 aliphatic heterocycles. The summed E-state index contributed by atoms with van der Waals surface area (Å²) in [5.41, 5.74) is 3.46. The molecule has 2 aromatic carbocycles. The van der Waals surface area contributed by atoms with Gasteiger partial charge in [-0.25, -0.2) is 0 Å². The molecule has 3 N–H and O–H groups in total. The Morgan fingerprint density at radius 3 is 2.54 bits per heavy atom. The third-order valence-corrected chi connectivity index (χ3v) is 11.6. The molecule has 6 atom stereocenters. The monoisotopic (exact) mass is 613 g/mol. The number of carbonyl (C=O) groups is 3. The van der Waals surface area contributed by atoms with Gasteiger partial charge in [0.2, 0.25) is 17.7 Å². The first kappa shape index (κ1) is 28.2. The lowest BCUT2D eigenvalue weighted by Gasteiger charge is -2.35. The summed E-state index contributed by atoms with van der Waals surface area (Å²) in [5.74, 6) is -1.54. The molecule has 3 fully saturated rings. The Balaban J connectivity index is 1.46. The van der Waals surface area contributed by atoms with Gasteiger partial charge < -0.3 is 20.6 Å². The number of likely N-dealkylation sites (tertiary alicyclic amines) is 1. The summed E-state index contributed by atoms with van der Waals surface area (Å²) in [6.07, 6.45) is 3.85. The number of nitrogens with zero attached hydrogens (tertiary/aromatic N) is 1. The van der Waals surface area contributed by atoms with E-state index in [9.17, 15) is 14.4 Å². The summed E-state index contributed by atoms with van der Waals surface area (Å²) >= 11 is 5.47. The lowest BCUT2D eigenvalue weighted by Crippen LogP contribution is -2.52. The highest BCUT2D eigenvalue weighted by atomic mass is 79.9. The van der Waals surface area contributed by atoms with Gasteiger partial charge >= 0.3 is 0 Å². The minimum absolute atomic E-state index is 0.0265. The zero-order valence-electron chi connectivity index (χ0n) is 22.4. The second kappa shape index (κ2) is 11.6. The highest BCUT2D eigenvalue weighted by Crippen LogP contribution is 2.67. The van der Waals surface area contributed by atoms with Gasteiger partial charge in [-0.05, 0) is 62.4 Å². The van der Waals surface area contributed by atoms with Crippen molar-refractivity contribution >= 4 is 56.8 Å². The number of thioether (sulfide) groups is 1. The number of carbonyl (C=O) groups excluding carboxylic acids is 3. The van der Waals surface area contributed by atoms with Crippen molar-refractivity contribution in [1.29, 1.82) is 0 Å². The van der Waals surface area contributed by atoms with Crippen molar-refractivity contribution < 1.29 is 19.5 Å². The Kier molecular flexibility index (Phi) is 8.40. The number of nitrogens with one attached hydrogen (secondary N) is 2. The third kappa shape index (κ3) is 5.25. The number of anilines is 2. The molecule has 3 unspecified atom stereocenters. The van der Waals surface area contributed by atoms with E-state index in [2.05, 4.69) is 26.6 Å². The minimum Gasteiger partial charge on any atom is -0.396 e. The van der Waals surface area contributed by atoms with Gasteiger partial charge in [0.05, 0.1) is 16.6 Å². The van der Waals surface area contributed by atoms with Crippen LogP contribution in [0.2, 0.25) is 0 Å². The van der Waals surface area contributed by atoms with Crippen molar-refractivity contribution in [2.24, 2.45) is 11.8 Å². The molecular formula is C30H36BrN3O4S. The summed E-state index contributed by atoms with van der Waals surface area (Å²) < 4.78 is -0.679. The van der Waals surface area contributed by atoms with E-state index >= 15 is 0 Å². The zero-order chi connectivity index (χ0) is 27.7. The first-order chi connectivity index (χ1) is 18.8. The van der Waals surface area contributed by atoms with Gasteiger partial charge in [-0.1, -0.05) is 59.1 Å². The van der Waals surface area contributed by atoms with Gasteiger partial charge in [-0.2, -0.15) is 0 Å². The van der Waals surface area contributed by atoms with E-state index in [1.807, 2.05) is 62.4 Å². The average Bonchev–Trinajstić information content (AvgIpc) is 3.50. The number of aliphatic hydroxyl groups excluding tert-OH is 1. The molecule has 2 aromatic rings. The first-order valence-electron chi connectivity index (χ1n) is 13.7. The van der Waals surface area contributed by atoms with E-state index in [1.54, 1.807) is 16.7 Å². The second-order valence-electron chi connectivity index (χ2n) is 11.0. The van der Waals surface area contributed by atoms with Crippen LogP contribution in [0.1, 0.15) is 43.2 Å². The number of alkyl halides is 1. The molecular weight excluding hydrogens is 578 g/mol. The molecule has 7 nitrogen and oxygen atoms in total. The molecule has 0 aliphatic carbocycles. The summed E-state index contributed by atoms with van der Waals surface area (Å²) in [6, 6.07) is 14.6. The lowest BCUT2D eigenvalue weighted by molar-refractivity contribution is -0.138. The van der Waals surface area contributed by atoms with Crippen molar-refractivity contribution in [3.63, 3.8) is 0 Å². The predicted molar refractivity (Wildman–Crippen MR) is 159 cm³/mol. The number of fused-ring (bicyclic) bond motifs is 1. The fourth-order valence-electron chi connectivity index (χ4n) is 6.54. The molecule has 2 bridgehead atoms. The van der Waals surface area contributed by atoms with Gasteiger partial charge in [-0.3, -0.25) is 14.4 Å². The number of para-hydroxylation sites is 1. The van der Waals surface area contributed by atoms with Gasteiger partial charge in [0, 0.05) is 34.6 Å². The number of rotatable bonds is 10. The van der Waals surface area contributed by atoms with Crippen LogP contribution in [0.15, 0.2) is 48.5 Å². The number of amides is 3. The van der Waals surface area contributed by atoms with Crippen LogP contribution in [0, 0.1) is 25.7 Å². The van der Waals surface area contributed by atoms with E-state index in [1.165, 1.54) is 0 Å². The van der Waals surface area contributed by atoms with Gasteiger partial charge in [0.25, 0.3) is 0 Å². The maximum absolute atomic E-state index is 14.2. The van der Waals surface area contributed by atoms with Crippen molar-refractivity contribution in [3.8, 4) is 0 Å². The van der Waals surface area contributed by atoms with Crippen LogP contribution < -0.4 is 10.6 Å². The fraction of sp³-hybridized carbons (Fsp3) is 0.500. The van der Waals surface area contributed by atoms with Crippen LogP contribution in [0.3, 0.4) is 0 Å². The Bertz CT molecular complexity index is 1240. The highest BCUT2D eigenvalue weighted by Gasteiger charge is 2.75. The van der Waals surface area contributed by atoms with Gasteiger partial charge in [-0.15, -0.1) is 11.8 Å². The molecule has 208 valence electrons. The minimum atomic E-state index is -0.679. The van der Waals surface area contributed by atoms with Crippen LogP contribution >= 0.6 is 27.7 Å². The van der Waals surface area contributed by atoms with Crippen molar-refractivity contribution in [3.05, 3.63) is 59.7 Å². The smallest absolute Gasteiger partial charge is 0.248 e. The molecule has 5 rings (SSSR count). The highest BCUT2D eigenvalue weighted by molar-refractivity contribution is 9.09. The van der Waals surface area contributed by atoms with Crippen LogP contribution in [-0.2, 0) is 14.4 Å². The maximum atomic E-state index is 14.2. The number of aliphatic hydroxyl groups is 1. The molecule has 0 saturated carbocycles. The Morgan fingerprint density at radius 2 is 1.79 bits per heavy atom. The summed E-state index contributed by atoms with van der Waals surface area (Å²) in [5, 5.41) is 15.2. The third-order valence-electron chi connectivity index (χ3n) is 8.34. The van der Waals surface area contributed by atoms with Crippen LogP contribution in [0.25, 0.3) is 0 Å². The Morgan fingerprint density at radius 1 is 1.05 bits per heavy atom. The largest absolute Gasteiger partial charge is 0.396 e. The molecule has 3 amide bonds. The quantitative estimate of drug-likeness (QED) is 0.261. The summed E-state index contributed by atoms with van der Waals surface area (Å²) in [4.78, 5) is 43.7. The number of benzene rings is 2. The first-order valence-corrected chi connectivity index (χ1v) is 15.5. The van der Waals surface area contributed by atoms with Gasteiger partial charge in [0.15, 0.2) is 0 Å². The van der Waals surface area contributed by atoms with Gasteiger partial charge in [0.1, 0.15) is 6.04 Å². The molecule has 39 heavy (non-hydrogen) atoms. The predicted octanol–water partition coefficient (Wildman–Crippen LogP) is 4.90. The average molecular weight is 615 g/mol. The van der Waals surface area contributed by atoms with Crippen LogP contribution in [0.4, 0.5) is 11.4 Å². The van der Waals surface area contributed by atoms with E-state index in [0.29, 0.717) is 18.7 Å². The SMILES string of the molecule is Cc1ccc(C)c(NC(=O)C2N(CCCCCCO)C(=O)[C@@H]3[C@H](C(=O)Nc4ccccc4)[C@H]4SC23CC4Br)c1. The summed E-state index contributed by atoms with van der Waals surface area (Å²) in [7, 11) is 0. The standard InChI is InChI=1S/C30H36BrN3O4S/c1-18-12-13-19(2)22(16-18)33-28(37)26-30-17-21(31)25(39-30)23(27(36)32-20-10-6-5-7-11-20)24(30)29(38)34(26)14-8-3-4-9-15-35/h5-7,10-13,16,21,23-26,35H,3-4,8-9,14-15,17H2,1-2H3,(H,32,36)(H,33,37)/t21?,23-,24-,25-,26?,30?/m0/s1. The van der Waals surface area contributed by atoms with Crippen molar-refractivity contribution in [2.75, 3.05) is 23.8 Å². The number of halogens is 1. The normalized spacial score (nSPS) is 29.0. The molecule has 9 heteroatoms. The van der Waals surface area contributed by atoms with E-state index < -0.39 is 22.6 Å². The Hall–Kier alpha value is -2.36. The lowest BCUT2D eigenvalue weighted by atomic mass is 9.70.